The summed E-state index contributed by atoms with van der Waals surface area (Å²) in [6.45, 7) is 0. The molecule has 4 nitrogen and oxygen atoms in total. The minimum Gasteiger partial charge on any atom is -0.339 e. The number of aromatic nitrogens is 1. The summed E-state index contributed by atoms with van der Waals surface area (Å²) in [6, 6.07) is 17.9. The second kappa shape index (κ2) is 7.34. The van der Waals surface area contributed by atoms with E-state index in [1.54, 1.807) is 30.3 Å². The first-order valence-electron chi connectivity index (χ1n) is 7.17. The number of rotatable bonds is 4. The van der Waals surface area contributed by atoms with E-state index in [-0.39, 0.29) is 5.91 Å². The van der Waals surface area contributed by atoms with Crippen molar-refractivity contribution >= 4 is 46.3 Å². The van der Waals surface area contributed by atoms with Crippen molar-refractivity contribution in [3.8, 4) is 0 Å². The van der Waals surface area contributed by atoms with Crippen LogP contribution in [0.15, 0.2) is 66.9 Å². The first-order valence-corrected chi connectivity index (χ1v) is 7.92. The third-order valence-corrected chi connectivity index (χ3v) is 4.09. The number of anilines is 3. The van der Waals surface area contributed by atoms with E-state index < -0.39 is 0 Å². The van der Waals surface area contributed by atoms with Crippen LogP contribution in [0.2, 0.25) is 10.0 Å². The Balaban J connectivity index is 1.71. The molecule has 3 rings (SSSR count). The van der Waals surface area contributed by atoms with E-state index in [9.17, 15) is 4.79 Å². The third kappa shape index (κ3) is 3.85. The Bertz CT molecular complexity index is 852. The number of hydrogen-bond donors (Lipinski definition) is 2. The van der Waals surface area contributed by atoms with Crippen molar-refractivity contribution in [2.45, 2.75) is 0 Å². The SMILES string of the molecule is O=C(Nc1ccccc1)c1ccc(Nc2cccc(Cl)c2Cl)nc1. The van der Waals surface area contributed by atoms with Crippen LogP contribution in [-0.2, 0) is 0 Å². The van der Waals surface area contributed by atoms with Gasteiger partial charge in [0.2, 0.25) is 0 Å². The maximum Gasteiger partial charge on any atom is 0.257 e. The Morgan fingerprint density at radius 1 is 0.917 bits per heavy atom. The van der Waals surface area contributed by atoms with Crippen molar-refractivity contribution in [1.29, 1.82) is 0 Å². The molecule has 1 aromatic heterocycles. The van der Waals surface area contributed by atoms with Crippen molar-refractivity contribution in [2.24, 2.45) is 0 Å². The lowest BCUT2D eigenvalue weighted by Gasteiger charge is -2.09. The molecule has 6 heteroatoms. The zero-order valence-corrected chi connectivity index (χ0v) is 14.0. The van der Waals surface area contributed by atoms with Gasteiger partial charge in [0.1, 0.15) is 5.82 Å². The lowest BCUT2D eigenvalue weighted by Crippen LogP contribution is -2.12. The Hall–Kier alpha value is -2.56. The molecule has 120 valence electrons. The second-order valence-corrected chi connectivity index (χ2v) is 5.76. The number of nitrogens with zero attached hydrogens (tertiary/aromatic N) is 1. The molecule has 2 N–H and O–H groups in total. The van der Waals surface area contributed by atoms with Crippen LogP contribution in [0.1, 0.15) is 10.4 Å². The number of nitrogens with one attached hydrogen (secondary N) is 2. The Morgan fingerprint density at radius 3 is 2.42 bits per heavy atom. The summed E-state index contributed by atoms with van der Waals surface area (Å²) in [4.78, 5) is 16.4. The standard InChI is InChI=1S/C18H13Cl2N3O/c19-14-7-4-8-15(17(14)20)23-16-10-9-12(11-21-16)18(24)22-13-5-2-1-3-6-13/h1-11H,(H,21,23)(H,22,24). The lowest BCUT2D eigenvalue weighted by molar-refractivity contribution is 0.102. The van der Waals surface area contributed by atoms with Gasteiger partial charge in [-0.2, -0.15) is 0 Å². The number of benzene rings is 2. The monoisotopic (exact) mass is 357 g/mol. The van der Waals surface area contributed by atoms with Gasteiger partial charge < -0.3 is 10.6 Å². The fourth-order valence-electron chi connectivity index (χ4n) is 2.07. The number of hydrogen-bond acceptors (Lipinski definition) is 3. The first-order chi connectivity index (χ1) is 11.6. The van der Waals surface area contributed by atoms with Crippen molar-refractivity contribution in [2.75, 3.05) is 10.6 Å². The van der Waals surface area contributed by atoms with Crippen LogP contribution < -0.4 is 10.6 Å². The van der Waals surface area contributed by atoms with Crippen LogP contribution in [-0.4, -0.2) is 10.9 Å². The summed E-state index contributed by atoms with van der Waals surface area (Å²) in [7, 11) is 0. The molecule has 0 aliphatic rings. The summed E-state index contributed by atoms with van der Waals surface area (Å²) < 4.78 is 0. The van der Waals surface area contributed by atoms with Gasteiger partial charge in [0.25, 0.3) is 5.91 Å². The average Bonchev–Trinajstić information content (AvgIpc) is 2.60. The number of amides is 1. The van der Waals surface area contributed by atoms with Gasteiger partial charge in [-0.25, -0.2) is 4.98 Å². The van der Waals surface area contributed by atoms with E-state index in [1.165, 1.54) is 6.20 Å². The molecule has 0 fully saturated rings. The predicted octanol–water partition coefficient (Wildman–Crippen LogP) is 5.38. The predicted molar refractivity (Wildman–Crippen MR) is 98.4 cm³/mol. The number of para-hydroxylation sites is 1. The molecule has 1 heterocycles. The van der Waals surface area contributed by atoms with E-state index in [2.05, 4.69) is 15.6 Å². The topological polar surface area (TPSA) is 54.0 Å². The summed E-state index contributed by atoms with van der Waals surface area (Å²) in [5.74, 6) is 0.344. The maximum atomic E-state index is 12.2. The number of pyridine rings is 1. The normalized spacial score (nSPS) is 10.2. The summed E-state index contributed by atoms with van der Waals surface area (Å²) >= 11 is 12.1. The summed E-state index contributed by atoms with van der Waals surface area (Å²) in [5.41, 5.74) is 1.84. The minimum absolute atomic E-state index is 0.221. The van der Waals surface area contributed by atoms with E-state index in [0.717, 1.165) is 5.69 Å². The summed E-state index contributed by atoms with van der Waals surface area (Å²) in [5, 5.41) is 6.76. The van der Waals surface area contributed by atoms with Crippen LogP contribution >= 0.6 is 23.2 Å². The molecule has 0 unspecified atom stereocenters. The van der Waals surface area contributed by atoms with E-state index in [1.807, 2.05) is 30.3 Å². The van der Waals surface area contributed by atoms with Crippen LogP contribution in [0.25, 0.3) is 0 Å². The van der Waals surface area contributed by atoms with Gasteiger partial charge in [0, 0.05) is 11.9 Å². The second-order valence-electron chi connectivity index (χ2n) is 4.98. The van der Waals surface area contributed by atoms with Gasteiger partial charge in [0.15, 0.2) is 0 Å². The molecule has 0 saturated carbocycles. The molecule has 0 spiro atoms. The quantitative estimate of drug-likeness (QED) is 0.658. The molecular weight excluding hydrogens is 345 g/mol. The average molecular weight is 358 g/mol. The molecule has 24 heavy (non-hydrogen) atoms. The van der Waals surface area contributed by atoms with Gasteiger partial charge in [-0.1, -0.05) is 47.5 Å². The van der Waals surface area contributed by atoms with Crippen molar-refractivity contribution in [1.82, 2.24) is 4.98 Å². The molecule has 1 amide bonds. The van der Waals surface area contributed by atoms with Gasteiger partial charge in [0.05, 0.1) is 21.3 Å². The van der Waals surface area contributed by atoms with Crippen molar-refractivity contribution < 1.29 is 4.79 Å². The van der Waals surface area contributed by atoms with Crippen molar-refractivity contribution in [3.05, 3.63) is 82.5 Å². The largest absolute Gasteiger partial charge is 0.339 e. The maximum absolute atomic E-state index is 12.2. The highest BCUT2D eigenvalue weighted by Gasteiger charge is 2.08. The Morgan fingerprint density at radius 2 is 1.71 bits per heavy atom. The molecule has 0 aliphatic heterocycles. The van der Waals surface area contributed by atoms with Crippen LogP contribution in [0.4, 0.5) is 17.2 Å². The molecule has 0 bridgehead atoms. The number of halogens is 2. The molecule has 0 radical (unpaired) electrons. The van der Waals surface area contributed by atoms with Gasteiger partial charge >= 0.3 is 0 Å². The van der Waals surface area contributed by atoms with Gasteiger partial charge in [-0.3, -0.25) is 4.79 Å². The Labute approximate surface area is 149 Å². The zero-order valence-electron chi connectivity index (χ0n) is 12.5. The number of carbonyl (C=O) groups excluding carboxylic acids is 1. The van der Waals surface area contributed by atoms with Crippen LogP contribution in [0.3, 0.4) is 0 Å². The molecule has 2 aromatic carbocycles. The minimum atomic E-state index is -0.221. The van der Waals surface area contributed by atoms with Crippen molar-refractivity contribution in [3.63, 3.8) is 0 Å². The van der Waals surface area contributed by atoms with E-state index in [4.69, 9.17) is 23.2 Å². The number of carbonyl (C=O) groups is 1. The smallest absolute Gasteiger partial charge is 0.257 e. The van der Waals surface area contributed by atoms with E-state index in [0.29, 0.717) is 27.1 Å². The summed E-state index contributed by atoms with van der Waals surface area (Å²) in [6.07, 6.45) is 1.50. The first kappa shape index (κ1) is 16.3. The van der Waals surface area contributed by atoms with Crippen LogP contribution in [0.5, 0.6) is 0 Å². The highest BCUT2D eigenvalue weighted by atomic mass is 35.5. The molecule has 0 saturated heterocycles. The van der Waals surface area contributed by atoms with Gasteiger partial charge in [-0.05, 0) is 36.4 Å². The highest BCUT2D eigenvalue weighted by Crippen LogP contribution is 2.31. The fraction of sp³-hybridized carbons (Fsp3) is 0. The molecule has 0 atom stereocenters. The van der Waals surface area contributed by atoms with Gasteiger partial charge in [-0.15, -0.1) is 0 Å². The molecule has 3 aromatic rings. The lowest BCUT2D eigenvalue weighted by atomic mass is 10.2. The van der Waals surface area contributed by atoms with E-state index >= 15 is 0 Å². The third-order valence-electron chi connectivity index (χ3n) is 3.27. The highest BCUT2D eigenvalue weighted by molar-refractivity contribution is 6.43. The van der Waals surface area contributed by atoms with Crippen LogP contribution in [0, 0.1) is 0 Å². The Kier molecular flexibility index (Phi) is 4.99. The zero-order chi connectivity index (χ0) is 16.9. The molecule has 0 aliphatic carbocycles. The molecular formula is C18H13Cl2N3O. The fourth-order valence-corrected chi connectivity index (χ4v) is 2.41.